The van der Waals surface area contributed by atoms with Crippen molar-refractivity contribution in [2.24, 2.45) is 0 Å². The largest absolute Gasteiger partial charge is 0.480 e. The van der Waals surface area contributed by atoms with E-state index in [1.807, 2.05) is 19.1 Å². The molecule has 0 aliphatic carbocycles. The Labute approximate surface area is 129 Å². The molecule has 2 heterocycles. The molecule has 5 nitrogen and oxygen atoms in total. The Bertz CT molecular complexity index is 737. The third-order valence-electron chi connectivity index (χ3n) is 3.89. The molecule has 0 spiro atoms. The van der Waals surface area contributed by atoms with Gasteiger partial charge in [-0.15, -0.1) is 0 Å². The second kappa shape index (κ2) is 5.18. The maximum Gasteiger partial charge on any atom is 0.326 e. The topological polar surface area (TPSA) is 70.8 Å². The maximum atomic E-state index is 12.6. The Morgan fingerprint density at radius 2 is 2.19 bits per heavy atom. The van der Waals surface area contributed by atoms with Gasteiger partial charge in [-0.2, -0.15) is 0 Å². The van der Waals surface area contributed by atoms with Gasteiger partial charge in [0.25, 0.3) is 5.91 Å². The molecule has 110 valence electrons. The van der Waals surface area contributed by atoms with Gasteiger partial charge >= 0.3 is 5.97 Å². The van der Waals surface area contributed by atoms with Crippen LogP contribution in [0.3, 0.4) is 0 Å². The number of carbonyl (C=O) groups is 2. The number of aryl methyl sites for hydroxylation is 1. The molecule has 1 aromatic heterocycles. The lowest BCUT2D eigenvalue weighted by atomic mass is 10.1. The highest BCUT2D eigenvalue weighted by Gasteiger charge is 2.36. The average Bonchev–Trinajstić information content (AvgIpc) is 3.04. The predicted molar refractivity (Wildman–Crippen MR) is 80.3 cm³/mol. The van der Waals surface area contributed by atoms with E-state index in [0.717, 1.165) is 15.4 Å². The first-order chi connectivity index (χ1) is 9.99. The van der Waals surface area contributed by atoms with Crippen LogP contribution in [0.2, 0.25) is 0 Å². The summed E-state index contributed by atoms with van der Waals surface area (Å²) in [6.45, 7) is 2.27. The van der Waals surface area contributed by atoms with E-state index in [1.165, 1.54) is 4.90 Å². The number of carbonyl (C=O) groups excluding carboxylic acids is 1. The minimum Gasteiger partial charge on any atom is -0.480 e. The highest BCUT2D eigenvalue weighted by Crippen LogP contribution is 2.30. The number of rotatable bonds is 2. The summed E-state index contributed by atoms with van der Waals surface area (Å²) in [5, 5.41) is 10.1. The van der Waals surface area contributed by atoms with E-state index in [0.29, 0.717) is 25.0 Å². The van der Waals surface area contributed by atoms with Crippen molar-refractivity contribution in [2.75, 3.05) is 6.54 Å². The number of aliphatic carboxylic acids is 1. The molecule has 0 bridgehead atoms. The monoisotopic (exact) mass is 351 g/mol. The van der Waals surface area contributed by atoms with Gasteiger partial charge in [0, 0.05) is 22.0 Å². The summed E-state index contributed by atoms with van der Waals surface area (Å²) in [5.74, 6) is -1.07. The van der Waals surface area contributed by atoms with Gasteiger partial charge in [-0.1, -0.05) is 15.9 Å². The molecule has 3 rings (SSSR count). The van der Waals surface area contributed by atoms with E-state index < -0.39 is 12.0 Å². The Hall–Kier alpha value is -1.82. The Morgan fingerprint density at radius 3 is 2.90 bits per heavy atom. The molecule has 0 radical (unpaired) electrons. The summed E-state index contributed by atoms with van der Waals surface area (Å²) in [6, 6.07) is 4.78. The first kappa shape index (κ1) is 14.1. The number of furan rings is 1. The summed E-state index contributed by atoms with van der Waals surface area (Å²) in [6.07, 6.45) is 1.19. The lowest BCUT2D eigenvalue weighted by Gasteiger charge is -2.20. The predicted octanol–water partition coefficient (Wildman–Crippen LogP) is 3.19. The molecule has 0 unspecified atom stereocenters. The molecule has 1 aromatic carbocycles. The number of halogens is 1. The maximum absolute atomic E-state index is 12.6. The number of amides is 1. The number of carboxylic acid groups (broad SMARTS) is 1. The third kappa shape index (κ3) is 2.33. The zero-order valence-electron chi connectivity index (χ0n) is 11.4. The smallest absolute Gasteiger partial charge is 0.326 e. The molecule has 1 fully saturated rings. The van der Waals surface area contributed by atoms with Crippen molar-refractivity contribution in [3.05, 3.63) is 34.0 Å². The number of fused-ring (bicyclic) bond motifs is 1. The van der Waals surface area contributed by atoms with Crippen molar-refractivity contribution in [1.82, 2.24) is 4.90 Å². The molecule has 21 heavy (non-hydrogen) atoms. The quantitative estimate of drug-likeness (QED) is 0.901. The lowest BCUT2D eigenvalue weighted by molar-refractivity contribution is -0.141. The molecule has 6 heteroatoms. The Balaban J connectivity index is 2.02. The van der Waals surface area contributed by atoms with Crippen LogP contribution in [0.4, 0.5) is 0 Å². The highest BCUT2D eigenvalue weighted by molar-refractivity contribution is 9.10. The summed E-state index contributed by atoms with van der Waals surface area (Å²) in [5.41, 5.74) is 1.37. The molecule has 2 aromatic rings. The molecule has 1 aliphatic rings. The van der Waals surface area contributed by atoms with Crippen LogP contribution in [0.15, 0.2) is 27.1 Å². The van der Waals surface area contributed by atoms with Crippen LogP contribution >= 0.6 is 15.9 Å². The number of benzene rings is 1. The van der Waals surface area contributed by atoms with Crippen molar-refractivity contribution < 1.29 is 19.1 Å². The Kier molecular flexibility index (Phi) is 3.49. The third-order valence-corrected chi connectivity index (χ3v) is 4.38. The fraction of sp³-hybridized carbons (Fsp3) is 0.333. The molecular weight excluding hydrogens is 338 g/mol. The van der Waals surface area contributed by atoms with Crippen LogP contribution in [0.1, 0.15) is 29.0 Å². The fourth-order valence-corrected chi connectivity index (χ4v) is 3.16. The number of carboxylic acids is 1. The SMILES string of the molecule is Cc1c(C(=O)N2CCC[C@@H]2C(=O)O)oc2ccc(Br)cc12. The first-order valence-electron chi connectivity index (χ1n) is 6.71. The lowest BCUT2D eigenvalue weighted by Crippen LogP contribution is -2.40. The van der Waals surface area contributed by atoms with Crippen molar-refractivity contribution in [3.8, 4) is 0 Å². The average molecular weight is 352 g/mol. The van der Waals surface area contributed by atoms with Gasteiger partial charge in [-0.05, 0) is 38.0 Å². The molecule has 0 saturated carbocycles. The van der Waals surface area contributed by atoms with Gasteiger partial charge in [0.1, 0.15) is 11.6 Å². The highest BCUT2D eigenvalue weighted by atomic mass is 79.9. The first-order valence-corrected chi connectivity index (χ1v) is 7.51. The van der Waals surface area contributed by atoms with Gasteiger partial charge in [0.2, 0.25) is 0 Å². The van der Waals surface area contributed by atoms with Gasteiger partial charge in [-0.25, -0.2) is 4.79 Å². The van der Waals surface area contributed by atoms with Gasteiger partial charge in [-0.3, -0.25) is 4.79 Å². The molecule has 1 N–H and O–H groups in total. The number of hydrogen-bond acceptors (Lipinski definition) is 3. The molecular formula is C15H14BrNO4. The van der Waals surface area contributed by atoms with E-state index in [9.17, 15) is 14.7 Å². The van der Waals surface area contributed by atoms with Crippen LogP contribution in [0.5, 0.6) is 0 Å². The van der Waals surface area contributed by atoms with Gasteiger partial charge < -0.3 is 14.4 Å². The van der Waals surface area contributed by atoms with Crippen molar-refractivity contribution >= 4 is 38.8 Å². The second-order valence-electron chi connectivity index (χ2n) is 5.19. The molecule has 1 amide bonds. The summed E-state index contributed by atoms with van der Waals surface area (Å²) < 4.78 is 6.56. The summed E-state index contributed by atoms with van der Waals surface area (Å²) >= 11 is 3.39. The van der Waals surface area contributed by atoms with Crippen LogP contribution in [-0.4, -0.2) is 34.5 Å². The molecule has 1 atom stereocenters. The van der Waals surface area contributed by atoms with E-state index in [-0.39, 0.29) is 11.7 Å². The zero-order chi connectivity index (χ0) is 15.1. The van der Waals surface area contributed by atoms with Crippen LogP contribution in [-0.2, 0) is 4.79 Å². The van der Waals surface area contributed by atoms with Crippen LogP contribution < -0.4 is 0 Å². The van der Waals surface area contributed by atoms with Crippen molar-refractivity contribution in [2.45, 2.75) is 25.8 Å². The minimum absolute atomic E-state index is 0.233. The van der Waals surface area contributed by atoms with E-state index in [2.05, 4.69) is 15.9 Å². The van der Waals surface area contributed by atoms with Crippen LogP contribution in [0.25, 0.3) is 11.0 Å². The minimum atomic E-state index is -0.961. The molecule has 1 aliphatic heterocycles. The Morgan fingerprint density at radius 1 is 1.43 bits per heavy atom. The van der Waals surface area contributed by atoms with E-state index in [4.69, 9.17) is 4.42 Å². The van der Waals surface area contributed by atoms with Crippen LogP contribution in [0, 0.1) is 6.92 Å². The second-order valence-corrected chi connectivity index (χ2v) is 6.11. The van der Waals surface area contributed by atoms with E-state index >= 15 is 0 Å². The number of likely N-dealkylation sites (tertiary alicyclic amines) is 1. The molecule has 1 saturated heterocycles. The van der Waals surface area contributed by atoms with E-state index in [1.54, 1.807) is 6.07 Å². The fourth-order valence-electron chi connectivity index (χ4n) is 2.79. The standard InChI is InChI=1S/C15H14BrNO4/c1-8-10-7-9(16)4-5-12(10)21-13(8)14(18)17-6-2-3-11(17)15(19)20/h4-5,7,11H,2-3,6H2,1H3,(H,19,20)/t11-/m1/s1. The number of nitrogens with zero attached hydrogens (tertiary/aromatic N) is 1. The van der Waals surface area contributed by atoms with Crippen molar-refractivity contribution in [1.29, 1.82) is 0 Å². The van der Waals surface area contributed by atoms with Crippen molar-refractivity contribution in [3.63, 3.8) is 0 Å². The normalized spacial score (nSPS) is 18.4. The van der Waals surface area contributed by atoms with Gasteiger partial charge in [0.05, 0.1) is 0 Å². The summed E-state index contributed by atoms with van der Waals surface area (Å²) in [4.78, 5) is 25.2. The zero-order valence-corrected chi connectivity index (χ0v) is 13.0. The van der Waals surface area contributed by atoms with Gasteiger partial charge in [0.15, 0.2) is 5.76 Å². The summed E-state index contributed by atoms with van der Waals surface area (Å²) in [7, 11) is 0. The number of hydrogen-bond donors (Lipinski definition) is 1.